The van der Waals surface area contributed by atoms with Gasteiger partial charge in [0.15, 0.2) is 11.5 Å². The van der Waals surface area contributed by atoms with Gasteiger partial charge in [-0.15, -0.1) is 0 Å². The zero-order valence-electron chi connectivity index (χ0n) is 19.2. The minimum Gasteiger partial charge on any atom is -0.328 e. The van der Waals surface area contributed by atoms with Crippen LogP contribution in [0.4, 0.5) is 10.8 Å². The second kappa shape index (κ2) is 9.43. The SMILES string of the molecule is Cc1cn2c(-c3cn[nH]c3)cnc2c(Nc2cc(C(CS(C)(=O)=O)N3CCCCCC3)ns2)n1. The molecule has 0 saturated carbocycles. The number of imidazole rings is 1. The lowest BCUT2D eigenvalue weighted by Gasteiger charge is -2.28. The summed E-state index contributed by atoms with van der Waals surface area (Å²) in [7, 11) is -3.17. The van der Waals surface area contributed by atoms with E-state index in [9.17, 15) is 8.42 Å². The van der Waals surface area contributed by atoms with Gasteiger partial charge in [-0.1, -0.05) is 12.8 Å². The summed E-state index contributed by atoms with van der Waals surface area (Å²) in [6, 6.07) is 1.70. The van der Waals surface area contributed by atoms with Crippen LogP contribution < -0.4 is 5.32 Å². The van der Waals surface area contributed by atoms with Crippen LogP contribution in [0.1, 0.15) is 43.1 Å². The largest absolute Gasteiger partial charge is 0.328 e. The molecule has 34 heavy (non-hydrogen) atoms. The van der Waals surface area contributed by atoms with E-state index in [2.05, 4.69) is 34.8 Å². The molecule has 1 aliphatic rings. The van der Waals surface area contributed by atoms with Gasteiger partial charge in [-0.2, -0.15) is 9.47 Å². The van der Waals surface area contributed by atoms with Crippen molar-refractivity contribution in [2.75, 3.05) is 30.4 Å². The lowest BCUT2D eigenvalue weighted by molar-refractivity contribution is 0.218. The van der Waals surface area contributed by atoms with Crippen LogP contribution in [0.25, 0.3) is 16.9 Å². The topological polar surface area (TPSA) is 121 Å². The third-order valence-electron chi connectivity index (χ3n) is 6.06. The van der Waals surface area contributed by atoms with Crippen molar-refractivity contribution >= 4 is 37.8 Å². The van der Waals surface area contributed by atoms with E-state index < -0.39 is 9.84 Å². The number of nitrogens with one attached hydrogen (secondary N) is 2. The Kier molecular flexibility index (Phi) is 6.36. The number of fused-ring (bicyclic) bond motifs is 1. The van der Waals surface area contributed by atoms with Crippen molar-refractivity contribution < 1.29 is 8.42 Å². The average Bonchev–Trinajstić information content (AvgIpc) is 3.50. The average molecular weight is 501 g/mol. The van der Waals surface area contributed by atoms with Gasteiger partial charge in [0.2, 0.25) is 0 Å². The van der Waals surface area contributed by atoms with Gasteiger partial charge >= 0.3 is 0 Å². The maximum Gasteiger partial charge on any atom is 0.180 e. The molecule has 1 fully saturated rings. The molecule has 0 amide bonds. The second-order valence-electron chi connectivity index (χ2n) is 8.85. The highest BCUT2D eigenvalue weighted by Gasteiger charge is 2.27. The number of hydrogen-bond donors (Lipinski definition) is 2. The predicted molar refractivity (Wildman–Crippen MR) is 133 cm³/mol. The lowest BCUT2D eigenvalue weighted by atomic mass is 10.2. The predicted octanol–water partition coefficient (Wildman–Crippen LogP) is 3.59. The summed E-state index contributed by atoms with van der Waals surface area (Å²) in [5.74, 6) is 0.691. The van der Waals surface area contributed by atoms with Crippen molar-refractivity contribution in [3.8, 4) is 11.3 Å². The number of aromatic amines is 1. The first-order valence-electron chi connectivity index (χ1n) is 11.4. The van der Waals surface area contributed by atoms with Crippen molar-refractivity contribution in [3.63, 3.8) is 0 Å². The first-order valence-corrected chi connectivity index (χ1v) is 14.2. The molecular formula is C22H28N8O2S2. The molecule has 0 spiro atoms. The summed E-state index contributed by atoms with van der Waals surface area (Å²) < 4.78 is 31.1. The molecule has 0 bridgehead atoms. The maximum absolute atomic E-state index is 12.2. The Balaban J connectivity index is 1.45. The molecule has 0 aliphatic carbocycles. The van der Waals surface area contributed by atoms with Crippen LogP contribution >= 0.6 is 11.5 Å². The number of aryl methyl sites for hydroxylation is 1. The molecular weight excluding hydrogens is 472 g/mol. The minimum atomic E-state index is -3.17. The Morgan fingerprint density at radius 3 is 2.71 bits per heavy atom. The van der Waals surface area contributed by atoms with Gasteiger partial charge in [0.1, 0.15) is 14.8 Å². The van der Waals surface area contributed by atoms with Crippen molar-refractivity contribution in [1.29, 1.82) is 0 Å². The molecule has 1 saturated heterocycles. The molecule has 1 aliphatic heterocycles. The molecule has 10 nitrogen and oxygen atoms in total. The van der Waals surface area contributed by atoms with Crippen LogP contribution in [-0.4, -0.2) is 67.4 Å². The maximum atomic E-state index is 12.2. The third kappa shape index (κ3) is 4.98. The smallest absolute Gasteiger partial charge is 0.180 e. The number of rotatable bonds is 7. The summed E-state index contributed by atoms with van der Waals surface area (Å²) >= 11 is 1.31. The van der Waals surface area contributed by atoms with Crippen molar-refractivity contribution in [2.24, 2.45) is 0 Å². The van der Waals surface area contributed by atoms with Crippen molar-refractivity contribution in [3.05, 3.63) is 42.2 Å². The van der Waals surface area contributed by atoms with Gasteiger partial charge in [0, 0.05) is 24.2 Å². The molecule has 1 atom stereocenters. The highest BCUT2D eigenvalue weighted by atomic mass is 32.2. The number of likely N-dealkylation sites (tertiary alicyclic amines) is 1. The number of hydrogen-bond acceptors (Lipinski definition) is 9. The molecule has 180 valence electrons. The van der Waals surface area contributed by atoms with Crippen LogP contribution in [0.2, 0.25) is 0 Å². The van der Waals surface area contributed by atoms with Crippen molar-refractivity contribution in [2.45, 2.75) is 38.6 Å². The van der Waals surface area contributed by atoms with E-state index in [4.69, 9.17) is 0 Å². The molecule has 4 aromatic heterocycles. The van der Waals surface area contributed by atoms with E-state index in [1.165, 1.54) is 30.6 Å². The number of anilines is 2. The van der Waals surface area contributed by atoms with E-state index in [0.29, 0.717) is 11.5 Å². The second-order valence-corrected chi connectivity index (χ2v) is 11.8. The fourth-order valence-corrected chi connectivity index (χ4v) is 6.14. The standard InChI is InChI=1S/C22H28N8O2S2/c1-15-13-30-18(16-10-24-25-11-16)12-23-22(30)21(26-15)27-20-9-17(28-33-20)19(14-34(2,31)32)29-7-5-3-4-6-8-29/h9-13,19H,3-8,14H2,1-2H3,(H,24,25)(H,26,27). The molecule has 4 aromatic rings. The van der Waals surface area contributed by atoms with Crippen LogP contribution in [0.3, 0.4) is 0 Å². The lowest BCUT2D eigenvalue weighted by Crippen LogP contribution is -2.34. The van der Waals surface area contributed by atoms with E-state index >= 15 is 0 Å². The zero-order chi connectivity index (χ0) is 23.7. The molecule has 5 heterocycles. The zero-order valence-corrected chi connectivity index (χ0v) is 20.9. The summed E-state index contributed by atoms with van der Waals surface area (Å²) in [5.41, 5.74) is 4.16. The van der Waals surface area contributed by atoms with E-state index in [1.54, 1.807) is 12.4 Å². The summed E-state index contributed by atoms with van der Waals surface area (Å²) in [4.78, 5) is 11.5. The molecule has 12 heteroatoms. The van der Waals surface area contributed by atoms with Crippen LogP contribution in [0, 0.1) is 6.92 Å². The quantitative estimate of drug-likeness (QED) is 0.395. The van der Waals surface area contributed by atoms with Crippen molar-refractivity contribution in [1.82, 2.24) is 33.8 Å². The van der Waals surface area contributed by atoms with Crippen LogP contribution in [-0.2, 0) is 9.84 Å². The van der Waals surface area contributed by atoms with Gasteiger partial charge < -0.3 is 5.32 Å². The van der Waals surface area contributed by atoms with Gasteiger partial charge in [-0.3, -0.25) is 14.4 Å². The molecule has 5 rings (SSSR count). The molecule has 0 aromatic carbocycles. The fourth-order valence-electron chi connectivity index (χ4n) is 4.49. The third-order valence-corrected chi connectivity index (χ3v) is 7.70. The molecule has 2 N–H and O–H groups in total. The molecule has 0 radical (unpaired) electrons. The van der Waals surface area contributed by atoms with E-state index in [0.717, 1.165) is 53.6 Å². The normalized spacial score (nSPS) is 16.5. The number of aromatic nitrogens is 6. The van der Waals surface area contributed by atoms with E-state index in [-0.39, 0.29) is 11.8 Å². The van der Waals surface area contributed by atoms with Gasteiger partial charge in [0.05, 0.1) is 41.3 Å². The Hall–Kier alpha value is -2.83. The molecule has 1 unspecified atom stereocenters. The Morgan fingerprint density at radius 2 is 2.00 bits per heavy atom. The summed E-state index contributed by atoms with van der Waals surface area (Å²) in [6.07, 6.45) is 13.2. The monoisotopic (exact) mass is 500 g/mol. The summed E-state index contributed by atoms with van der Waals surface area (Å²) in [6.45, 7) is 3.72. The van der Waals surface area contributed by atoms with E-state index in [1.807, 2.05) is 29.8 Å². The first-order chi connectivity index (χ1) is 16.4. The number of H-pyrrole nitrogens is 1. The van der Waals surface area contributed by atoms with Crippen LogP contribution in [0.5, 0.6) is 0 Å². The Labute approximate surface area is 202 Å². The Morgan fingerprint density at radius 1 is 1.21 bits per heavy atom. The number of nitrogens with zero attached hydrogens (tertiary/aromatic N) is 6. The van der Waals surface area contributed by atoms with Crippen LogP contribution in [0.15, 0.2) is 30.9 Å². The highest BCUT2D eigenvalue weighted by molar-refractivity contribution is 7.90. The first kappa shape index (κ1) is 22.9. The van der Waals surface area contributed by atoms with Gasteiger partial charge in [-0.25, -0.2) is 18.4 Å². The fraction of sp³-hybridized carbons (Fsp3) is 0.455. The van der Waals surface area contributed by atoms with Gasteiger partial charge in [-0.05, 0) is 50.5 Å². The van der Waals surface area contributed by atoms with Gasteiger partial charge in [0.25, 0.3) is 0 Å². The Bertz CT molecular complexity index is 1370. The number of sulfone groups is 1. The highest BCUT2D eigenvalue weighted by Crippen LogP contribution is 2.31. The minimum absolute atomic E-state index is 0.0669. The summed E-state index contributed by atoms with van der Waals surface area (Å²) in [5, 5.41) is 11.0.